The minimum atomic E-state index is -0.117. The number of aromatic nitrogens is 5. The Balaban J connectivity index is 1.29. The molecule has 0 atom stereocenters. The minimum absolute atomic E-state index is 0.0539. The summed E-state index contributed by atoms with van der Waals surface area (Å²) in [5, 5.41) is 3.98. The number of carbonyl (C=O) groups is 1. The van der Waals surface area contributed by atoms with E-state index in [1.165, 1.54) is 0 Å². The maximum atomic E-state index is 12.4. The van der Waals surface area contributed by atoms with E-state index in [1.54, 1.807) is 48.0 Å². The molecule has 1 saturated heterocycles. The molecule has 4 heterocycles. The molecule has 0 spiro atoms. The highest BCUT2D eigenvalue weighted by Crippen LogP contribution is 2.31. The van der Waals surface area contributed by atoms with Gasteiger partial charge in [-0.15, -0.1) is 0 Å². The van der Waals surface area contributed by atoms with Gasteiger partial charge in [0.1, 0.15) is 17.5 Å². The van der Waals surface area contributed by atoms with Crippen LogP contribution in [0, 0.1) is 0 Å². The Bertz CT molecular complexity index is 1160. The molecule has 1 aliphatic heterocycles. The van der Waals surface area contributed by atoms with E-state index in [0.29, 0.717) is 47.4 Å². The number of hydrogen-bond acceptors (Lipinski definition) is 8. The molecule has 0 N–H and O–H groups in total. The van der Waals surface area contributed by atoms with Gasteiger partial charge in [-0.2, -0.15) is 4.98 Å². The number of ether oxygens (including phenoxy) is 1. The van der Waals surface area contributed by atoms with Crippen LogP contribution in [0.25, 0.3) is 23.0 Å². The Morgan fingerprint density at radius 3 is 2.70 bits per heavy atom. The lowest BCUT2D eigenvalue weighted by atomic mass is 10.1. The van der Waals surface area contributed by atoms with Crippen molar-refractivity contribution in [3.8, 4) is 28.7 Å². The molecule has 1 aromatic carbocycles. The molecule has 9 heteroatoms. The maximum Gasteiger partial charge on any atom is 0.262 e. The third-order valence-corrected chi connectivity index (χ3v) is 4.67. The molecule has 0 radical (unpaired) electrons. The number of benzene rings is 1. The van der Waals surface area contributed by atoms with Gasteiger partial charge in [0.25, 0.3) is 11.8 Å². The fourth-order valence-corrected chi connectivity index (χ4v) is 3.13. The van der Waals surface area contributed by atoms with Crippen molar-refractivity contribution in [1.29, 1.82) is 0 Å². The summed E-state index contributed by atoms with van der Waals surface area (Å²) in [5.74, 6) is 1.24. The Kier molecular flexibility index (Phi) is 4.60. The zero-order valence-corrected chi connectivity index (χ0v) is 15.8. The molecule has 3 aromatic heterocycles. The molecule has 1 fully saturated rings. The van der Waals surface area contributed by atoms with Crippen LogP contribution in [0.4, 0.5) is 0 Å². The summed E-state index contributed by atoms with van der Waals surface area (Å²) >= 11 is 0. The summed E-state index contributed by atoms with van der Waals surface area (Å²) < 4.78 is 11.5. The first-order valence-corrected chi connectivity index (χ1v) is 9.33. The zero-order valence-electron chi connectivity index (χ0n) is 15.8. The van der Waals surface area contributed by atoms with Gasteiger partial charge in [0.2, 0.25) is 5.82 Å². The van der Waals surface area contributed by atoms with Crippen LogP contribution in [0.15, 0.2) is 71.9 Å². The first-order chi connectivity index (χ1) is 14.8. The number of rotatable bonds is 5. The van der Waals surface area contributed by atoms with Gasteiger partial charge in [-0.25, -0.2) is 4.98 Å². The van der Waals surface area contributed by atoms with Gasteiger partial charge in [0.15, 0.2) is 0 Å². The van der Waals surface area contributed by atoms with Crippen LogP contribution in [0.3, 0.4) is 0 Å². The summed E-state index contributed by atoms with van der Waals surface area (Å²) in [4.78, 5) is 30.8. The first-order valence-electron chi connectivity index (χ1n) is 9.33. The predicted molar refractivity (Wildman–Crippen MR) is 105 cm³/mol. The lowest BCUT2D eigenvalue weighted by Gasteiger charge is -2.39. The van der Waals surface area contributed by atoms with Crippen molar-refractivity contribution in [3.63, 3.8) is 0 Å². The molecule has 1 amide bonds. The Morgan fingerprint density at radius 2 is 1.90 bits per heavy atom. The number of amides is 1. The molecule has 148 valence electrons. The molecule has 1 aliphatic rings. The summed E-state index contributed by atoms with van der Waals surface area (Å²) in [7, 11) is 0. The van der Waals surface area contributed by atoms with E-state index in [0.717, 1.165) is 0 Å². The molecule has 4 aromatic rings. The van der Waals surface area contributed by atoms with E-state index >= 15 is 0 Å². The Hall–Kier alpha value is -4.14. The molecule has 0 bridgehead atoms. The summed E-state index contributed by atoms with van der Waals surface area (Å²) in [5.41, 5.74) is 1.77. The second-order valence-electron chi connectivity index (χ2n) is 6.70. The van der Waals surface area contributed by atoms with Crippen LogP contribution in [0.2, 0.25) is 0 Å². The quantitative estimate of drug-likeness (QED) is 0.503. The lowest BCUT2D eigenvalue weighted by molar-refractivity contribution is 0.0179. The van der Waals surface area contributed by atoms with Crippen LogP contribution in [-0.2, 0) is 0 Å². The number of likely N-dealkylation sites (tertiary alicyclic amines) is 1. The fraction of sp³-hybridized carbons (Fsp3) is 0.143. The van der Waals surface area contributed by atoms with Crippen molar-refractivity contribution < 1.29 is 14.1 Å². The molecule has 5 rings (SSSR count). The molecular formula is C21H16N6O3. The van der Waals surface area contributed by atoms with Gasteiger partial charge in [-0.1, -0.05) is 17.3 Å². The van der Waals surface area contributed by atoms with Crippen molar-refractivity contribution in [2.75, 3.05) is 13.1 Å². The van der Waals surface area contributed by atoms with E-state index in [-0.39, 0.29) is 12.0 Å². The van der Waals surface area contributed by atoms with Crippen molar-refractivity contribution >= 4 is 5.91 Å². The number of hydrogen-bond donors (Lipinski definition) is 0. The van der Waals surface area contributed by atoms with E-state index in [4.69, 9.17) is 9.26 Å². The zero-order chi connectivity index (χ0) is 20.3. The van der Waals surface area contributed by atoms with Gasteiger partial charge in [-0.05, 0) is 24.3 Å². The topological polar surface area (TPSA) is 107 Å². The van der Waals surface area contributed by atoms with Crippen LogP contribution in [0.1, 0.15) is 10.4 Å². The average molecular weight is 400 g/mol. The van der Waals surface area contributed by atoms with Crippen molar-refractivity contribution in [2.45, 2.75) is 6.10 Å². The monoisotopic (exact) mass is 400 g/mol. The summed E-state index contributed by atoms with van der Waals surface area (Å²) in [6.07, 6.45) is 7.80. The van der Waals surface area contributed by atoms with E-state index < -0.39 is 0 Å². The van der Waals surface area contributed by atoms with Crippen molar-refractivity contribution in [3.05, 3.63) is 72.9 Å². The van der Waals surface area contributed by atoms with Gasteiger partial charge in [0.05, 0.1) is 30.4 Å². The number of nitrogens with zero attached hydrogens (tertiary/aromatic N) is 6. The smallest absolute Gasteiger partial charge is 0.262 e. The number of pyridine rings is 1. The fourth-order valence-electron chi connectivity index (χ4n) is 3.13. The van der Waals surface area contributed by atoms with E-state index in [1.807, 2.05) is 24.3 Å². The van der Waals surface area contributed by atoms with E-state index in [9.17, 15) is 4.79 Å². The normalized spacial score (nSPS) is 13.7. The predicted octanol–water partition coefficient (Wildman–Crippen LogP) is 2.49. The third-order valence-electron chi connectivity index (χ3n) is 4.67. The van der Waals surface area contributed by atoms with Crippen molar-refractivity contribution in [1.82, 2.24) is 30.0 Å². The summed E-state index contributed by atoms with van der Waals surface area (Å²) in [6, 6.07) is 10.9. The second kappa shape index (κ2) is 7.70. The first kappa shape index (κ1) is 17.9. The standard InChI is InChI=1S/C21H16N6O3/c28-21(14-4-3-7-22-10-14)27-12-15(13-27)29-18-6-2-1-5-16(18)20-25-19(26-30-20)17-11-23-8-9-24-17/h1-11,15H,12-13H2. The number of para-hydroxylation sites is 1. The van der Waals surface area contributed by atoms with Crippen molar-refractivity contribution in [2.24, 2.45) is 0 Å². The summed E-state index contributed by atoms with van der Waals surface area (Å²) in [6.45, 7) is 0.994. The molecule has 30 heavy (non-hydrogen) atoms. The van der Waals surface area contributed by atoms with Crippen LogP contribution in [-0.4, -0.2) is 55.1 Å². The second-order valence-corrected chi connectivity index (χ2v) is 6.70. The maximum absolute atomic E-state index is 12.4. The van der Waals surface area contributed by atoms with Crippen LogP contribution in [0.5, 0.6) is 5.75 Å². The average Bonchev–Trinajstić information content (AvgIpc) is 3.27. The molecule has 0 saturated carbocycles. The highest BCUT2D eigenvalue weighted by molar-refractivity contribution is 5.94. The van der Waals surface area contributed by atoms with Crippen LogP contribution >= 0.6 is 0 Å². The van der Waals surface area contributed by atoms with Gasteiger partial charge >= 0.3 is 0 Å². The highest BCUT2D eigenvalue weighted by atomic mass is 16.5. The lowest BCUT2D eigenvalue weighted by Crippen LogP contribution is -2.56. The number of carbonyl (C=O) groups excluding carboxylic acids is 1. The van der Waals surface area contributed by atoms with Crippen LogP contribution < -0.4 is 4.74 Å². The highest BCUT2D eigenvalue weighted by Gasteiger charge is 2.33. The minimum Gasteiger partial charge on any atom is -0.486 e. The Labute approximate surface area is 171 Å². The Morgan fingerprint density at radius 1 is 1.03 bits per heavy atom. The molecule has 9 nitrogen and oxygen atoms in total. The third kappa shape index (κ3) is 3.48. The SMILES string of the molecule is O=C(c1cccnc1)N1CC(Oc2ccccc2-c2nc(-c3cnccn3)no2)C1. The molecule has 0 unspecified atom stereocenters. The molecule has 0 aliphatic carbocycles. The molecular weight excluding hydrogens is 384 g/mol. The van der Waals surface area contributed by atoms with Gasteiger partial charge < -0.3 is 14.2 Å². The van der Waals surface area contributed by atoms with E-state index in [2.05, 4.69) is 25.1 Å². The largest absolute Gasteiger partial charge is 0.486 e. The van der Waals surface area contributed by atoms with Gasteiger partial charge in [-0.3, -0.25) is 14.8 Å². The van der Waals surface area contributed by atoms with Gasteiger partial charge in [0, 0.05) is 24.8 Å².